The molecule has 6 heteroatoms. The van der Waals surface area contributed by atoms with E-state index in [4.69, 9.17) is 5.73 Å². The van der Waals surface area contributed by atoms with Gasteiger partial charge in [-0.15, -0.1) is 11.3 Å². The molecule has 1 amide bonds. The van der Waals surface area contributed by atoms with Gasteiger partial charge in [-0.3, -0.25) is 9.89 Å². The second-order valence-corrected chi connectivity index (χ2v) is 7.67. The normalized spacial score (nSPS) is 15.3. The fraction of sp³-hybridized carbons (Fsp3) is 0.300. The second kappa shape index (κ2) is 7.33. The van der Waals surface area contributed by atoms with E-state index in [1.165, 1.54) is 16.9 Å². The third-order valence-electron chi connectivity index (χ3n) is 4.98. The Kier molecular flexibility index (Phi) is 4.75. The number of hydrogen-bond donors (Lipinski definition) is 2. The van der Waals surface area contributed by atoms with Crippen molar-refractivity contribution in [2.75, 3.05) is 18.8 Å². The summed E-state index contributed by atoms with van der Waals surface area (Å²) in [5.41, 5.74) is 9.98. The molecule has 5 nitrogen and oxygen atoms in total. The molecular formula is C20H22N4OS. The lowest BCUT2D eigenvalue weighted by Crippen LogP contribution is -2.37. The number of aromatic nitrogens is 2. The van der Waals surface area contributed by atoms with Crippen molar-refractivity contribution in [1.29, 1.82) is 0 Å². The van der Waals surface area contributed by atoms with E-state index in [1.54, 1.807) is 6.07 Å². The molecule has 0 spiro atoms. The number of aromatic amines is 1. The van der Waals surface area contributed by atoms with Gasteiger partial charge in [0.2, 0.25) is 0 Å². The van der Waals surface area contributed by atoms with Gasteiger partial charge >= 0.3 is 0 Å². The molecule has 1 aliphatic heterocycles. The summed E-state index contributed by atoms with van der Waals surface area (Å²) in [5, 5.41) is 9.56. The van der Waals surface area contributed by atoms with E-state index in [-0.39, 0.29) is 5.91 Å². The van der Waals surface area contributed by atoms with E-state index in [2.05, 4.69) is 40.5 Å². The molecule has 26 heavy (non-hydrogen) atoms. The number of thiophene rings is 1. The number of piperidine rings is 1. The number of benzene rings is 1. The maximum Gasteiger partial charge on any atom is 0.266 e. The molecule has 1 saturated heterocycles. The third kappa shape index (κ3) is 3.51. The maximum absolute atomic E-state index is 12.6. The lowest BCUT2D eigenvalue weighted by molar-refractivity contribution is 0.0718. The van der Waals surface area contributed by atoms with Crippen molar-refractivity contribution in [2.24, 2.45) is 0 Å². The molecule has 0 aliphatic carbocycles. The Hall–Kier alpha value is -2.60. The first-order chi connectivity index (χ1) is 12.7. The minimum absolute atomic E-state index is 0.0581. The van der Waals surface area contributed by atoms with Gasteiger partial charge in [0, 0.05) is 31.1 Å². The van der Waals surface area contributed by atoms with Gasteiger partial charge in [-0.25, -0.2) is 0 Å². The first-order valence-corrected chi connectivity index (χ1v) is 9.79. The molecule has 134 valence electrons. The number of amides is 1. The molecule has 0 bridgehead atoms. The Morgan fingerprint density at radius 2 is 2.00 bits per heavy atom. The summed E-state index contributed by atoms with van der Waals surface area (Å²) < 4.78 is 0. The van der Waals surface area contributed by atoms with Crippen LogP contribution in [0.5, 0.6) is 0 Å². The minimum Gasteiger partial charge on any atom is -0.397 e. The number of nitrogens with zero attached hydrogens (tertiary/aromatic N) is 2. The Morgan fingerprint density at radius 3 is 2.69 bits per heavy atom. The standard InChI is InChI=1S/C20H22N4OS/c21-17-8-11-26-19(17)20(25)24-9-6-15(7-10-24)18-13-16(22-23-18)12-14-4-2-1-3-5-14/h1-5,8,11,13,15H,6-7,9-10,12,21H2,(H,22,23). The minimum atomic E-state index is 0.0581. The number of carbonyl (C=O) groups is 1. The van der Waals surface area contributed by atoms with Crippen molar-refractivity contribution in [3.8, 4) is 0 Å². The third-order valence-corrected chi connectivity index (χ3v) is 5.90. The van der Waals surface area contributed by atoms with Gasteiger partial charge in [-0.1, -0.05) is 30.3 Å². The van der Waals surface area contributed by atoms with Crippen molar-refractivity contribution in [1.82, 2.24) is 15.1 Å². The van der Waals surface area contributed by atoms with Gasteiger partial charge in [0.15, 0.2) is 0 Å². The zero-order valence-corrected chi connectivity index (χ0v) is 15.3. The predicted octanol–water partition coefficient (Wildman–Crippen LogP) is 3.66. The van der Waals surface area contributed by atoms with Crippen molar-refractivity contribution in [3.63, 3.8) is 0 Å². The number of nitrogen functional groups attached to an aromatic ring is 1. The van der Waals surface area contributed by atoms with Gasteiger partial charge in [0.05, 0.1) is 11.4 Å². The van der Waals surface area contributed by atoms with Crippen LogP contribution < -0.4 is 5.73 Å². The summed E-state index contributed by atoms with van der Waals surface area (Å²) >= 11 is 1.42. The molecule has 3 N–H and O–H groups in total. The van der Waals surface area contributed by atoms with Gasteiger partial charge in [-0.05, 0) is 35.9 Å². The highest BCUT2D eigenvalue weighted by Crippen LogP contribution is 2.29. The van der Waals surface area contributed by atoms with Crippen molar-refractivity contribution < 1.29 is 4.79 Å². The Morgan fingerprint density at radius 1 is 1.23 bits per heavy atom. The highest BCUT2D eigenvalue weighted by molar-refractivity contribution is 7.12. The molecule has 0 unspecified atom stereocenters. The predicted molar refractivity (Wildman–Crippen MR) is 104 cm³/mol. The molecule has 3 aromatic rings. The summed E-state index contributed by atoms with van der Waals surface area (Å²) in [4.78, 5) is 15.1. The number of rotatable bonds is 4. The molecule has 1 aromatic carbocycles. The van der Waals surface area contributed by atoms with Crippen LogP contribution >= 0.6 is 11.3 Å². The van der Waals surface area contributed by atoms with E-state index >= 15 is 0 Å². The molecule has 0 saturated carbocycles. The number of carbonyl (C=O) groups excluding carboxylic acids is 1. The molecule has 2 aromatic heterocycles. The van der Waals surface area contributed by atoms with Crippen molar-refractivity contribution in [2.45, 2.75) is 25.2 Å². The van der Waals surface area contributed by atoms with Gasteiger partial charge < -0.3 is 10.6 Å². The fourth-order valence-electron chi connectivity index (χ4n) is 3.51. The van der Waals surface area contributed by atoms with Gasteiger partial charge in [0.1, 0.15) is 4.88 Å². The van der Waals surface area contributed by atoms with E-state index < -0.39 is 0 Å². The van der Waals surface area contributed by atoms with Crippen LogP contribution in [0.4, 0.5) is 5.69 Å². The molecular weight excluding hydrogens is 344 g/mol. The largest absolute Gasteiger partial charge is 0.397 e. The summed E-state index contributed by atoms with van der Waals surface area (Å²) in [6.07, 6.45) is 2.74. The number of likely N-dealkylation sites (tertiary alicyclic amines) is 1. The Bertz CT molecular complexity index is 878. The van der Waals surface area contributed by atoms with Gasteiger partial charge in [-0.2, -0.15) is 5.10 Å². The second-order valence-electron chi connectivity index (χ2n) is 6.75. The molecule has 1 fully saturated rings. The maximum atomic E-state index is 12.6. The van der Waals surface area contributed by atoms with Crippen LogP contribution in [-0.4, -0.2) is 34.1 Å². The zero-order valence-electron chi connectivity index (χ0n) is 14.5. The van der Waals surface area contributed by atoms with Crippen LogP contribution in [0.15, 0.2) is 47.8 Å². The Balaban J connectivity index is 1.36. The number of H-pyrrole nitrogens is 1. The summed E-state index contributed by atoms with van der Waals surface area (Å²) in [7, 11) is 0. The van der Waals surface area contributed by atoms with Crippen molar-refractivity contribution >= 4 is 22.9 Å². The summed E-state index contributed by atoms with van der Waals surface area (Å²) in [5.74, 6) is 0.461. The number of hydrogen-bond acceptors (Lipinski definition) is 4. The molecule has 0 radical (unpaired) electrons. The lowest BCUT2D eigenvalue weighted by Gasteiger charge is -2.31. The SMILES string of the molecule is Nc1ccsc1C(=O)N1CCC(c2cc(Cc3ccccc3)[nH]n2)CC1. The van der Waals surface area contributed by atoms with Crippen LogP contribution in [0.1, 0.15) is 45.4 Å². The van der Waals surface area contributed by atoms with E-state index in [1.807, 2.05) is 16.3 Å². The van der Waals surface area contributed by atoms with Crippen LogP contribution in [0, 0.1) is 0 Å². The Labute approximate surface area is 156 Å². The van der Waals surface area contributed by atoms with Crippen LogP contribution in [-0.2, 0) is 6.42 Å². The van der Waals surface area contributed by atoms with E-state index in [0.29, 0.717) is 16.5 Å². The van der Waals surface area contributed by atoms with E-state index in [0.717, 1.165) is 43.7 Å². The monoisotopic (exact) mass is 366 g/mol. The highest BCUT2D eigenvalue weighted by atomic mass is 32.1. The summed E-state index contributed by atoms with van der Waals surface area (Å²) in [6, 6.07) is 14.4. The van der Waals surface area contributed by atoms with Crippen LogP contribution in [0.3, 0.4) is 0 Å². The highest BCUT2D eigenvalue weighted by Gasteiger charge is 2.27. The smallest absolute Gasteiger partial charge is 0.266 e. The molecule has 4 rings (SSSR count). The molecule has 1 aliphatic rings. The molecule has 3 heterocycles. The van der Waals surface area contributed by atoms with Gasteiger partial charge in [0.25, 0.3) is 5.91 Å². The number of anilines is 1. The topological polar surface area (TPSA) is 75.0 Å². The quantitative estimate of drug-likeness (QED) is 0.740. The fourth-order valence-corrected chi connectivity index (χ4v) is 4.29. The zero-order chi connectivity index (χ0) is 17.9. The lowest BCUT2D eigenvalue weighted by atomic mass is 9.93. The number of nitrogens with one attached hydrogen (secondary N) is 1. The summed E-state index contributed by atoms with van der Waals surface area (Å²) in [6.45, 7) is 1.50. The van der Waals surface area contributed by atoms with Crippen LogP contribution in [0.2, 0.25) is 0 Å². The first kappa shape index (κ1) is 16.8. The average Bonchev–Trinajstić information content (AvgIpc) is 3.31. The first-order valence-electron chi connectivity index (χ1n) is 8.91. The van der Waals surface area contributed by atoms with E-state index in [9.17, 15) is 4.79 Å². The van der Waals surface area contributed by atoms with Crippen molar-refractivity contribution in [3.05, 3.63) is 69.7 Å². The van der Waals surface area contributed by atoms with Crippen LogP contribution in [0.25, 0.3) is 0 Å². The average molecular weight is 366 g/mol. The number of nitrogens with two attached hydrogens (primary N) is 1. The molecule has 0 atom stereocenters.